The number of anilines is 2. The van der Waals surface area contributed by atoms with Gasteiger partial charge in [0, 0.05) is 16.1 Å². The van der Waals surface area contributed by atoms with Crippen LogP contribution in [0.1, 0.15) is 17.4 Å². The monoisotopic (exact) mass is 494 g/mol. The van der Waals surface area contributed by atoms with Crippen LogP contribution in [0.2, 0.25) is 5.02 Å². The summed E-state index contributed by atoms with van der Waals surface area (Å²) < 4.78 is 19.9. The van der Waals surface area contributed by atoms with Crippen LogP contribution < -0.4 is 20.8 Å². The van der Waals surface area contributed by atoms with Crippen LogP contribution in [0.5, 0.6) is 5.75 Å². The molecule has 0 atom stereocenters. The van der Waals surface area contributed by atoms with Crippen LogP contribution in [0, 0.1) is 5.82 Å². The Kier molecular flexibility index (Phi) is 6.98. The number of halogens is 2. The van der Waals surface area contributed by atoms with Crippen molar-refractivity contribution in [3.05, 3.63) is 89.3 Å². The number of carbonyl (C=O) groups excluding carboxylic acids is 3. The van der Waals surface area contributed by atoms with Gasteiger partial charge >= 0.3 is 11.8 Å². The topological polar surface area (TPSA) is 101 Å². The molecule has 0 saturated carbocycles. The molecule has 178 valence electrons. The van der Waals surface area contributed by atoms with E-state index in [0.717, 1.165) is 0 Å². The number of nitrogens with zero attached hydrogens (tertiary/aromatic N) is 1. The second-order valence-corrected chi connectivity index (χ2v) is 7.79. The van der Waals surface area contributed by atoms with Gasteiger partial charge in [0.15, 0.2) is 0 Å². The first-order chi connectivity index (χ1) is 16.9. The first kappa shape index (κ1) is 23.8. The summed E-state index contributed by atoms with van der Waals surface area (Å²) in [5.41, 5.74) is 3.61. The van der Waals surface area contributed by atoms with Gasteiger partial charge in [0.05, 0.1) is 17.8 Å². The minimum absolute atomic E-state index is 0.0301. The van der Waals surface area contributed by atoms with Gasteiger partial charge in [-0.05, 0) is 67.6 Å². The third kappa shape index (κ3) is 5.42. The van der Waals surface area contributed by atoms with Crippen molar-refractivity contribution >= 4 is 51.6 Å². The summed E-state index contributed by atoms with van der Waals surface area (Å²) in [6, 6.07) is 18.2. The molecule has 1 aromatic heterocycles. The molecule has 4 aromatic rings. The van der Waals surface area contributed by atoms with Crippen LogP contribution in [0.3, 0.4) is 0 Å². The summed E-state index contributed by atoms with van der Waals surface area (Å²) in [5, 5.41) is 6.14. The molecule has 3 aromatic carbocycles. The SMILES string of the molecule is CCOc1ccccc1NC(=O)C(=O)Nn1c(C(=O)Nc2ccc(F)cc2)cc2cc(Cl)ccc21. The number of rotatable bonds is 6. The quantitative estimate of drug-likeness (QED) is 0.335. The number of amides is 3. The van der Waals surface area contributed by atoms with Gasteiger partial charge in [-0.3, -0.25) is 19.8 Å². The largest absolute Gasteiger partial charge is 0.492 e. The number of para-hydroxylation sites is 2. The third-order valence-corrected chi connectivity index (χ3v) is 5.19. The fraction of sp³-hybridized carbons (Fsp3) is 0.0800. The van der Waals surface area contributed by atoms with E-state index in [2.05, 4.69) is 16.1 Å². The first-order valence-corrected chi connectivity index (χ1v) is 11.0. The van der Waals surface area contributed by atoms with E-state index in [-0.39, 0.29) is 5.69 Å². The van der Waals surface area contributed by atoms with E-state index in [4.69, 9.17) is 16.3 Å². The van der Waals surface area contributed by atoms with Gasteiger partial charge in [0.25, 0.3) is 5.91 Å². The highest BCUT2D eigenvalue weighted by Crippen LogP contribution is 2.25. The molecule has 0 aliphatic carbocycles. The second-order valence-electron chi connectivity index (χ2n) is 7.35. The highest BCUT2D eigenvalue weighted by Gasteiger charge is 2.22. The number of carbonyl (C=O) groups is 3. The van der Waals surface area contributed by atoms with Crippen molar-refractivity contribution in [1.82, 2.24) is 4.68 Å². The molecule has 0 radical (unpaired) electrons. The Morgan fingerprint density at radius 3 is 2.43 bits per heavy atom. The normalized spacial score (nSPS) is 10.6. The molecule has 1 heterocycles. The zero-order valence-electron chi connectivity index (χ0n) is 18.5. The van der Waals surface area contributed by atoms with Crippen LogP contribution in [0.25, 0.3) is 10.9 Å². The summed E-state index contributed by atoms with van der Waals surface area (Å²) in [4.78, 5) is 38.4. The van der Waals surface area contributed by atoms with Crippen molar-refractivity contribution in [2.45, 2.75) is 6.92 Å². The number of hydrogen-bond donors (Lipinski definition) is 3. The van der Waals surface area contributed by atoms with Gasteiger partial charge in [-0.25, -0.2) is 9.07 Å². The smallest absolute Gasteiger partial charge is 0.328 e. The van der Waals surface area contributed by atoms with Crippen LogP contribution in [0.4, 0.5) is 15.8 Å². The molecule has 10 heteroatoms. The minimum Gasteiger partial charge on any atom is -0.492 e. The van der Waals surface area contributed by atoms with Crippen molar-refractivity contribution in [3.63, 3.8) is 0 Å². The number of aromatic nitrogens is 1. The zero-order chi connectivity index (χ0) is 24.9. The molecule has 3 amide bonds. The number of fused-ring (bicyclic) bond motifs is 1. The molecule has 0 aliphatic heterocycles. The Labute approximate surface area is 204 Å². The molecule has 0 saturated heterocycles. The average Bonchev–Trinajstić information content (AvgIpc) is 3.19. The highest BCUT2D eigenvalue weighted by atomic mass is 35.5. The van der Waals surface area contributed by atoms with E-state index >= 15 is 0 Å². The van der Waals surface area contributed by atoms with Gasteiger partial charge in [-0.15, -0.1) is 0 Å². The van der Waals surface area contributed by atoms with Gasteiger partial charge in [0.2, 0.25) is 0 Å². The standard InChI is InChI=1S/C25H20ClFN4O4/c1-2-35-22-6-4-3-5-19(22)29-24(33)25(34)30-31-20-12-7-16(26)13-15(20)14-21(31)23(32)28-18-10-8-17(27)9-11-18/h3-14H,2H2,1H3,(H,28,32)(H,29,33)(H,30,34). The summed E-state index contributed by atoms with van der Waals surface area (Å²) in [6.45, 7) is 2.18. The summed E-state index contributed by atoms with van der Waals surface area (Å²) in [5.74, 6) is -2.60. The van der Waals surface area contributed by atoms with E-state index in [1.165, 1.54) is 35.0 Å². The van der Waals surface area contributed by atoms with Gasteiger partial charge in [-0.1, -0.05) is 23.7 Å². The van der Waals surface area contributed by atoms with Crippen molar-refractivity contribution in [2.75, 3.05) is 22.7 Å². The lowest BCUT2D eigenvalue weighted by Crippen LogP contribution is -2.36. The molecule has 0 unspecified atom stereocenters. The minimum atomic E-state index is -1.01. The van der Waals surface area contributed by atoms with Crippen LogP contribution in [-0.4, -0.2) is 29.0 Å². The third-order valence-electron chi connectivity index (χ3n) is 4.95. The van der Waals surface area contributed by atoms with Crippen molar-refractivity contribution in [2.24, 2.45) is 0 Å². The number of hydrogen-bond acceptors (Lipinski definition) is 4. The van der Waals surface area contributed by atoms with Crippen LogP contribution >= 0.6 is 11.6 Å². The maximum atomic E-state index is 13.2. The lowest BCUT2D eigenvalue weighted by Gasteiger charge is -2.14. The maximum absolute atomic E-state index is 13.2. The van der Waals surface area contributed by atoms with Gasteiger partial charge in [-0.2, -0.15) is 0 Å². The fourth-order valence-electron chi connectivity index (χ4n) is 3.38. The Balaban J connectivity index is 1.61. The molecule has 0 bridgehead atoms. The summed E-state index contributed by atoms with van der Waals surface area (Å²) in [6.07, 6.45) is 0. The maximum Gasteiger partial charge on any atom is 0.328 e. The summed E-state index contributed by atoms with van der Waals surface area (Å²) >= 11 is 6.08. The van der Waals surface area contributed by atoms with Crippen molar-refractivity contribution in [1.29, 1.82) is 0 Å². The van der Waals surface area contributed by atoms with Crippen LogP contribution in [-0.2, 0) is 9.59 Å². The van der Waals surface area contributed by atoms with E-state index in [1.54, 1.807) is 49.4 Å². The lowest BCUT2D eigenvalue weighted by molar-refractivity contribution is -0.133. The second kappa shape index (κ2) is 10.3. The zero-order valence-corrected chi connectivity index (χ0v) is 19.2. The first-order valence-electron chi connectivity index (χ1n) is 10.6. The Morgan fingerprint density at radius 1 is 0.943 bits per heavy atom. The Bertz CT molecular complexity index is 1420. The van der Waals surface area contributed by atoms with Gasteiger partial charge in [0.1, 0.15) is 17.3 Å². The highest BCUT2D eigenvalue weighted by molar-refractivity contribution is 6.42. The van der Waals surface area contributed by atoms with Crippen molar-refractivity contribution < 1.29 is 23.5 Å². The number of nitrogens with one attached hydrogen (secondary N) is 3. The predicted octanol–water partition coefficient (Wildman–Crippen LogP) is 4.79. The van der Waals surface area contributed by atoms with Gasteiger partial charge < -0.3 is 15.4 Å². The van der Waals surface area contributed by atoms with E-state index < -0.39 is 23.5 Å². The van der Waals surface area contributed by atoms with E-state index in [1.807, 2.05) is 0 Å². The molecule has 0 aliphatic rings. The number of ether oxygens (including phenoxy) is 1. The Hall–Kier alpha value is -4.37. The summed E-state index contributed by atoms with van der Waals surface area (Å²) in [7, 11) is 0. The lowest BCUT2D eigenvalue weighted by atomic mass is 10.2. The molecule has 0 fully saturated rings. The Morgan fingerprint density at radius 2 is 1.69 bits per heavy atom. The molecule has 0 spiro atoms. The molecule has 35 heavy (non-hydrogen) atoms. The van der Waals surface area contributed by atoms with E-state index in [0.29, 0.717) is 39.7 Å². The molecular formula is C25H20ClFN4O4. The molecular weight excluding hydrogens is 475 g/mol. The van der Waals surface area contributed by atoms with Crippen molar-refractivity contribution in [3.8, 4) is 5.75 Å². The number of benzene rings is 3. The van der Waals surface area contributed by atoms with E-state index in [9.17, 15) is 18.8 Å². The molecule has 4 rings (SSSR count). The van der Waals surface area contributed by atoms with Crippen LogP contribution in [0.15, 0.2) is 72.8 Å². The molecule has 3 N–H and O–H groups in total. The average molecular weight is 495 g/mol. The predicted molar refractivity (Wildman–Crippen MR) is 132 cm³/mol. The molecule has 8 nitrogen and oxygen atoms in total. The fourth-order valence-corrected chi connectivity index (χ4v) is 3.57.